The Labute approximate surface area is 139 Å². The molecule has 0 spiro atoms. The summed E-state index contributed by atoms with van der Waals surface area (Å²) in [7, 11) is 0. The maximum atomic E-state index is 12.1. The number of ether oxygens (including phenoxy) is 2. The van der Waals surface area contributed by atoms with Crippen LogP contribution in [0.2, 0.25) is 0 Å². The van der Waals surface area contributed by atoms with Gasteiger partial charge in [0.25, 0.3) is 5.91 Å². The van der Waals surface area contributed by atoms with Gasteiger partial charge in [-0.25, -0.2) is 0 Å². The molecule has 1 aromatic rings. The maximum absolute atomic E-state index is 12.1. The van der Waals surface area contributed by atoms with Crippen LogP contribution in [0.3, 0.4) is 0 Å². The van der Waals surface area contributed by atoms with Crippen LogP contribution in [0.5, 0.6) is 11.5 Å². The van der Waals surface area contributed by atoms with Gasteiger partial charge in [-0.3, -0.25) is 4.79 Å². The summed E-state index contributed by atoms with van der Waals surface area (Å²) in [6.45, 7) is 9.38. The average Bonchev–Trinajstić information content (AvgIpc) is 2.49. The molecule has 0 aliphatic rings. The van der Waals surface area contributed by atoms with E-state index in [1.807, 2.05) is 13.8 Å². The second kappa shape index (κ2) is 12.1. The minimum absolute atomic E-state index is 0. The smallest absolute Gasteiger partial charge is 0.251 e. The van der Waals surface area contributed by atoms with Crippen LogP contribution in [-0.2, 0) is 0 Å². The van der Waals surface area contributed by atoms with Gasteiger partial charge in [-0.15, -0.1) is 12.4 Å². The number of halogens is 1. The third-order valence-electron chi connectivity index (χ3n) is 2.82. The molecule has 0 aliphatic heterocycles. The highest BCUT2D eigenvalue weighted by atomic mass is 35.5. The normalized spacial score (nSPS) is 9.77. The number of rotatable bonds is 10. The Morgan fingerprint density at radius 2 is 1.68 bits per heavy atom. The Hall–Kier alpha value is -1.46. The predicted molar refractivity (Wildman–Crippen MR) is 91.5 cm³/mol. The van der Waals surface area contributed by atoms with Crippen molar-refractivity contribution in [2.75, 3.05) is 32.8 Å². The van der Waals surface area contributed by atoms with Crippen molar-refractivity contribution in [2.45, 2.75) is 27.2 Å². The van der Waals surface area contributed by atoms with E-state index in [-0.39, 0.29) is 18.3 Å². The lowest BCUT2D eigenvalue weighted by molar-refractivity contribution is 0.0953. The van der Waals surface area contributed by atoms with Crippen LogP contribution in [0.15, 0.2) is 18.2 Å². The molecule has 1 amide bonds. The first-order valence-electron chi connectivity index (χ1n) is 7.61. The van der Waals surface area contributed by atoms with E-state index in [9.17, 15) is 4.79 Å². The fourth-order valence-corrected chi connectivity index (χ4v) is 1.86. The van der Waals surface area contributed by atoms with Gasteiger partial charge < -0.3 is 20.1 Å². The molecule has 0 saturated heterocycles. The van der Waals surface area contributed by atoms with Crippen molar-refractivity contribution in [1.82, 2.24) is 10.6 Å². The molecule has 0 heterocycles. The number of carbonyl (C=O) groups is 1. The molecule has 6 heteroatoms. The van der Waals surface area contributed by atoms with E-state index in [1.54, 1.807) is 18.2 Å². The fourth-order valence-electron chi connectivity index (χ4n) is 1.86. The van der Waals surface area contributed by atoms with Crippen molar-refractivity contribution >= 4 is 18.3 Å². The minimum Gasteiger partial charge on any atom is -0.490 e. The zero-order valence-corrected chi connectivity index (χ0v) is 14.4. The van der Waals surface area contributed by atoms with Crippen LogP contribution in [0.1, 0.15) is 37.6 Å². The monoisotopic (exact) mass is 330 g/mol. The molecule has 0 radical (unpaired) electrons. The van der Waals surface area contributed by atoms with Gasteiger partial charge in [0.15, 0.2) is 11.5 Å². The lowest BCUT2D eigenvalue weighted by Crippen LogP contribution is -2.32. The lowest BCUT2D eigenvalue weighted by Gasteiger charge is -2.12. The van der Waals surface area contributed by atoms with E-state index in [0.29, 0.717) is 36.8 Å². The number of hydrogen-bond acceptors (Lipinski definition) is 4. The number of benzene rings is 1. The van der Waals surface area contributed by atoms with Crippen molar-refractivity contribution in [2.24, 2.45) is 0 Å². The first-order valence-corrected chi connectivity index (χ1v) is 7.61. The third-order valence-corrected chi connectivity index (χ3v) is 2.82. The number of hydrogen-bond donors (Lipinski definition) is 2. The summed E-state index contributed by atoms with van der Waals surface area (Å²) in [6.07, 6.45) is 1.09. The van der Waals surface area contributed by atoms with Crippen LogP contribution in [-0.4, -0.2) is 38.8 Å². The Morgan fingerprint density at radius 3 is 2.32 bits per heavy atom. The quantitative estimate of drug-likeness (QED) is 0.647. The highest BCUT2D eigenvalue weighted by molar-refractivity contribution is 5.94. The summed E-state index contributed by atoms with van der Waals surface area (Å²) in [5, 5.41) is 6.12. The van der Waals surface area contributed by atoms with Gasteiger partial charge in [-0.05, 0) is 45.0 Å². The molecule has 0 fully saturated rings. The zero-order valence-electron chi connectivity index (χ0n) is 13.6. The molecule has 1 aromatic carbocycles. The van der Waals surface area contributed by atoms with E-state index >= 15 is 0 Å². The third kappa shape index (κ3) is 7.00. The standard InChI is InChI=1S/C16H26N2O3.ClH/c1-4-9-17-10-11-18-16(19)13-7-8-14(20-5-2)15(12-13)21-6-3;/h7-8,12,17H,4-6,9-11H2,1-3H3,(H,18,19);1H. The second-order valence-electron chi connectivity index (χ2n) is 4.53. The summed E-state index contributed by atoms with van der Waals surface area (Å²) in [5.74, 6) is 1.17. The first kappa shape index (κ1) is 20.5. The zero-order chi connectivity index (χ0) is 15.5. The Kier molecular flexibility index (Phi) is 11.3. The summed E-state index contributed by atoms with van der Waals surface area (Å²) in [4.78, 5) is 12.1. The number of nitrogens with one attached hydrogen (secondary N) is 2. The Balaban J connectivity index is 0.00000441. The molecule has 0 aliphatic carbocycles. The topological polar surface area (TPSA) is 59.6 Å². The highest BCUT2D eigenvalue weighted by Gasteiger charge is 2.11. The maximum Gasteiger partial charge on any atom is 0.251 e. The fraction of sp³-hybridized carbons (Fsp3) is 0.562. The van der Waals surface area contributed by atoms with Crippen molar-refractivity contribution < 1.29 is 14.3 Å². The summed E-state index contributed by atoms with van der Waals surface area (Å²) < 4.78 is 11.0. The molecule has 0 bridgehead atoms. The Morgan fingerprint density at radius 1 is 1.00 bits per heavy atom. The van der Waals surface area contributed by atoms with Crippen LogP contribution in [0.25, 0.3) is 0 Å². The molecule has 2 N–H and O–H groups in total. The van der Waals surface area contributed by atoms with Gasteiger partial charge in [0.1, 0.15) is 0 Å². The molecule has 0 atom stereocenters. The van der Waals surface area contributed by atoms with Crippen molar-refractivity contribution in [3.05, 3.63) is 23.8 Å². The van der Waals surface area contributed by atoms with E-state index in [4.69, 9.17) is 9.47 Å². The van der Waals surface area contributed by atoms with Gasteiger partial charge in [0.2, 0.25) is 0 Å². The number of amides is 1. The van der Waals surface area contributed by atoms with E-state index in [0.717, 1.165) is 19.5 Å². The summed E-state index contributed by atoms with van der Waals surface area (Å²) >= 11 is 0. The van der Waals surface area contributed by atoms with E-state index < -0.39 is 0 Å². The molecule has 0 saturated carbocycles. The molecular weight excluding hydrogens is 304 g/mol. The SMILES string of the molecule is CCCNCCNC(=O)c1ccc(OCC)c(OCC)c1.Cl. The van der Waals surface area contributed by atoms with Crippen LogP contribution >= 0.6 is 12.4 Å². The highest BCUT2D eigenvalue weighted by Crippen LogP contribution is 2.28. The first-order chi connectivity index (χ1) is 10.2. The van der Waals surface area contributed by atoms with Crippen LogP contribution < -0.4 is 20.1 Å². The minimum atomic E-state index is -0.0997. The van der Waals surface area contributed by atoms with E-state index in [1.165, 1.54) is 0 Å². The van der Waals surface area contributed by atoms with Gasteiger partial charge in [-0.2, -0.15) is 0 Å². The summed E-state index contributed by atoms with van der Waals surface area (Å²) in [5.41, 5.74) is 0.581. The lowest BCUT2D eigenvalue weighted by atomic mass is 10.2. The summed E-state index contributed by atoms with van der Waals surface area (Å²) in [6, 6.07) is 5.25. The molecule has 0 unspecified atom stereocenters. The second-order valence-corrected chi connectivity index (χ2v) is 4.53. The van der Waals surface area contributed by atoms with Gasteiger partial charge in [0, 0.05) is 18.7 Å². The molecule has 0 aromatic heterocycles. The van der Waals surface area contributed by atoms with Crippen LogP contribution in [0, 0.1) is 0 Å². The molecule has 126 valence electrons. The molecule has 5 nitrogen and oxygen atoms in total. The Bertz CT molecular complexity index is 441. The van der Waals surface area contributed by atoms with Crippen molar-refractivity contribution in [3.8, 4) is 11.5 Å². The van der Waals surface area contributed by atoms with E-state index in [2.05, 4.69) is 17.6 Å². The van der Waals surface area contributed by atoms with Crippen molar-refractivity contribution in [1.29, 1.82) is 0 Å². The average molecular weight is 331 g/mol. The number of carbonyl (C=O) groups excluding carboxylic acids is 1. The van der Waals surface area contributed by atoms with Gasteiger partial charge in [-0.1, -0.05) is 6.92 Å². The van der Waals surface area contributed by atoms with Crippen LogP contribution in [0.4, 0.5) is 0 Å². The predicted octanol–water partition coefficient (Wildman–Crippen LogP) is 2.64. The largest absolute Gasteiger partial charge is 0.490 e. The van der Waals surface area contributed by atoms with Gasteiger partial charge in [0.05, 0.1) is 13.2 Å². The molecule has 1 rings (SSSR count). The van der Waals surface area contributed by atoms with Gasteiger partial charge >= 0.3 is 0 Å². The van der Waals surface area contributed by atoms with Crippen molar-refractivity contribution in [3.63, 3.8) is 0 Å². The molecule has 22 heavy (non-hydrogen) atoms. The molecular formula is C16H27ClN2O3.